The number of hydrogen-bond donors (Lipinski definition) is 1. The number of nitrogens with zero attached hydrogens (tertiary/aromatic N) is 2. The van der Waals surface area contributed by atoms with Crippen molar-refractivity contribution in [3.63, 3.8) is 0 Å². The Hall–Kier alpha value is -2.10. The summed E-state index contributed by atoms with van der Waals surface area (Å²) in [6.45, 7) is 4.99. The fourth-order valence-electron chi connectivity index (χ4n) is 2.84. The summed E-state index contributed by atoms with van der Waals surface area (Å²) >= 11 is 0. The first-order valence-electron chi connectivity index (χ1n) is 8.19. The standard InChI is InChI=1S/C19H26N2O2/c1-14(16-9-12-20-13-10-16)6-5-11-21-15(2)17-7-4-8-18(23-3)19(17)22/h4,7-9,12-14,16,22H,5-6,10-11H2,1-3H3. The van der Waals surface area contributed by atoms with Crippen LogP contribution in [0.25, 0.3) is 0 Å². The molecule has 0 amide bonds. The van der Waals surface area contributed by atoms with E-state index < -0.39 is 0 Å². The first-order valence-corrected chi connectivity index (χ1v) is 8.19. The van der Waals surface area contributed by atoms with E-state index in [2.05, 4.69) is 23.0 Å². The van der Waals surface area contributed by atoms with Crippen LogP contribution in [0, 0.1) is 11.8 Å². The number of phenols is 1. The molecular weight excluding hydrogens is 288 g/mol. The van der Waals surface area contributed by atoms with E-state index in [1.54, 1.807) is 13.2 Å². The average molecular weight is 314 g/mol. The van der Waals surface area contributed by atoms with Crippen LogP contribution in [0.2, 0.25) is 0 Å². The molecule has 1 aliphatic heterocycles. The van der Waals surface area contributed by atoms with Gasteiger partial charge in [-0.05, 0) is 50.2 Å². The molecule has 0 fully saturated rings. The van der Waals surface area contributed by atoms with Crippen LogP contribution in [0.5, 0.6) is 11.5 Å². The topological polar surface area (TPSA) is 54.2 Å². The van der Waals surface area contributed by atoms with E-state index in [0.717, 1.165) is 37.1 Å². The maximum absolute atomic E-state index is 10.1. The van der Waals surface area contributed by atoms with Crippen LogP contribution >= 0.6 is 0 Å². The molecule has 0 spiro atoms. The van der Waals surface area contributed by atoms with Gasteiger partial charge in [0.25, 0.3) is 0 Å². The molecule has 0 saturated heterocycles. The molecule has 0 radical (unpaired) electrons. The Kier molecular flexibility index (Phi) is 6.39. The molecule has 0 aromatic heterocycles. The van der Waals surface area contributed by atoms with Gasteiger partial charge >= 0.3 is 0 Å². The maximum Gasteiger partial charge on any atom is 0.166 e. The van der Waals surface area contributed by atoms with E-state index >= 15 is 0 Å². The number of aromatic hydroxyl groups is 1. The monoisotopic (exact) mass is 314 g/mol. The summed E-state index contributed by atoms with van der Waals surface area (Å²) in [5.41, 5.74) is 1.59. The van der Waals surface area contributed by atoms with Crippen LogP contribution in [0.15, 0.2) is 40.5 Å². The predicted octanol–water partition coefficient (Wildman–Crippen LogP) is 4.23. The lowest BCUT2D eigenvalue weighted by Crippen LogP contribution is -2.12. The second-order valence-electron chi connectivity index (χ2n) is 6.02. The van der Waals surface area contributed by atoms with Crippen molar-refractivity contribution in [2.75, 3.05) is 13.7 Å². The van der Waals surface area contributed by atoms with Gasteiger partial charge < -0.3 is 9.84 Å². The molecule has 1 N–H and O–H groups in total. The van der Waals surface area contributed by atoms with Gasteiger partial charge in [-0.1, -0.05) is 19.1 Å². The molecule has 0 saturated carbocycles. The number of ether oxygens (including phenoxy) is 1. The third-order valence-electron chi connectivity index (χ3n) is 4.41. The van der Waals surface area contributed by atoms with Crippen molar-refractivity contribution in [2.24, 2.45) is 21.8 Å². The molecule has 0 bridgehead atoms. The lowest BCUT2D eigenvalue weighted by atomic mass is 9.87. The third kappa shape index (κ3) is 4.68. The maximum atomic E-state index is 10.1. The first kappa shape index (κ1) is 17.3. The summed E-state index contributed by atoms with van der Waals surface area (Å²) < 4.78 is 5.14. The second kappa shape index (κ2) is 8.51. The highest BCUT2D eigenvalue weighted by atomic mass is 16.5. The number of aliphatic imine (C=N–C) groups is 2. The fourth-order valence-corrected chi connectivity index (χ4v) is 2.84. The van der Waals surface area contributed by atoms with E-state index in [-0.39, 0.29) is 5.75 Å². The van der Waals surface area contributed by atoms with Crippen LogP contribution in [0.1, 0.15) is 38.7 Å². The summed E-state index contributed by atoms with van der Waals surface area (Å²) in [7, 11) is 1.55. The molecular formula is C19H26N2O2. The third-order valence-corrected chi connectivity index (χ3v) is 4.41. The van der Waals surface area contributed by atoms with E-state index in [1.807, 2.05) is 31.5 Å². The van der Waals surface area contributed by atoms with E-state index in [0.29, 0.717) is 17.6 Å². The Labute approximate surface area is 138 Å². The summed E-state index contributed by atoms with van der Waals surface area (Å²) in [5.74, 6) is 1.88. The SMILES string of the molecule is COc1cccc(C(C)=NCCCC(C)C2C=CN=CC2)c1O. The predicted molar refractivity (Wildman–Crippen MR) is 95.9 cm³/mol. The van der Waals surface area contributed by atoms with Gasteiger partial charge in [-0.15, -0.1) is 0 Å². The quantitative estimate of drug-likeness (QED) is 0.605. The smallest absolute Gasteiger partial charge is 0.166 e. The molecule has 1 aliphatic rings. The van der Waals surface area contributed by atoms with Crippen molar-refractivity contribution in [2.45, 2.75) is 33.1 Å². The van der Waals surface area contributed by atoms with Gasteiger partial charge in [-0.3, -0.25) is 9.98 Å². The zero-order valence-electron chi connectivity index (χ0n) is 14.2. The number of allylic oxidation sites excluding steroid dienone is 1. The molecule has 0 aliphatic carbocycles. The van der Waals surface area contributed by atoms with Gasteiger partial charge in [0.2, 0.25) is 0 Å². The molecule has 2 unspecified atom stereocenters. The lowest BCUT2D eigenvalue weighted by Gasteiger charge is -2.20. The van der Waals surface area contributed by atoms with Gasteiger partial charge in [0, 0.05) is 30.2 Å². The van der Waals surface area contributed by atoms with Crippen LogP contribution < -0.4 is 4.74 Å². The zero-order valence-corrected chi connectivity index (χ0v) is 14.2. The molecule has 4 nitrogen and oxygen atoms in total. The van der Waals surface area contributed by atoms with Crippen LogP contribution in [-0.2, 0) is 0 Å². The molecule has 23 heavy (non-hydrogen) atoms. The number of hydrogen-bond acceptors (Lipinski definition) is 4. The summed E-state index contributed by atoms with van der Waals surface area (Å²) in [6.07, 6.45) is 9.33. The van der Waals surface area contributed by atoms with Gasteiger partial charge in [-0.2, -0.15) is 0 Å². The highest BCUT2D eigenvalue weighted by molar-refractivity contribution is 6.01. The number of rotatable bonds is 7. The molecule has 2 rings (SSSR count). The molecule has 1 heterocycles. The van der Waals surface area contributed by atoms with Gasteiger partial charge in [-0.25, -0.2) is 0 Å². The number of phenolic OH excluding ortho intramolecular Hbond substituents is 1. The molecule has 1 aromatic rings. The van der Waals surface area contributed by atoms with E-state index in [4.69, 9.17) is 4.74 Å². The lowest BCUT2D eigenvalue weighted by molar-refractivity contribution is 0.373. The molecule has 124 valence electrons. The second-order valence-corrected chi connectivity index (χ2v) is 6.02. The van der Waals surface area contributed by atoms with Gasteiger partial charge in [0.15, 0.2) is 11.5 Å². The van der Waals surface area contributed by atoms with Crippen LogP contribution in [0.4, 0.5) is 0 Å². The Bertz CT molecular complexity index is 605. The van der Waals surface area contributed by atoms with Crippen LogP contribution in [0.3, 0.4) is 0 Å². The highest BCUT2D eigenvalue weighted by Crippen LogP contribution is 2.30. The van der Waals surface area contributed by atoms with Crippen molar-refractivity contribution in [3.8, 4) is 11.5 Å². The zero-order chi connectivity index (χ0) is 16.7. The van der Waals surface area contributed by atoms with Gasteiger partial charge in [0.05, 0.1) is 7.11 Å². The van der Waals surface area contributed by atoms with Crippen LogP contribution in [-0.4, -0.2) is 30.7 Å². The molecule has 1 aromatic carbocycles. The summed E-state index contributed by atoms with van der Waals surface area (Å²) in [6, 6.07) is 5.48. The minimum atomic E-state index is 0.163. The fraction of sp³-hybridized carbons (Fsp3) is 0.474. The van der Waals surface area contributed by atoms with Crippen molar-refractivity contribution in [3.05, 3.63) is 36.0 Å². The van der Waals surface area contributed by atoms with Crippen molar-refractivity contribution < 1.29 is 9.84 Å². The largest absolute Gasteiger partial charge is 0.504 e. The Morgan fingerprint density at radius 3 is 3.00 bits per heavy atom. The first-order chi connectivity index (χ1) is 11.1. The molecule has 2 atom stereocenters. The number of methoxy groups -OCH3 is 1. The van der Waals surface area contributed by atoms with Crippen molar-refractivity contribution in [1.82, 2.24) is 0 Å². The van der Waals surface area contributed by atoms with E-state index in [1.165, 1.54) is 0 Å². The Balaban J connectivity index is 1.85. The minimum absolute atomic E-state index is 0.163. The normalized spacial score (nSPS) is 18.9. The number of benzene rings is 1. The Morgan fingerprint density at radius 2 is 2.30 bits per heavy atom. The van der Waals surface area contributed by atoms with E-state index in [9.17, 15) is 5.11 Å². The average Bonchev–Trinajstić information content (AvgIpc) is 2.59. The summed E-state index contributed by atoms with van der Waals surface area (Å²) in [5, 5.41) is 10.1. The summed E-state index contributed by atoms with van der Waals surface area (Å²) in [4.78, 5) is 8.73. The van der Waals surface area contributed by atoms with Crippen molar-refractivity contribution in [1.29, 1.82) is 0 Å². The highest BCUT2D eigenvalue weighted by Gasteiger charge is 2.14. The number of para-hydroxylation sites is 1. The van der Waals surface area contributed by atoms with Crippen molar-refractivity contribution >= 4 is 11.9 Å². The minimum Gasteiger partial charge on any atom is -0.504 e. The Morgan fingerprint density at radius 1 is 1.48 bits per heavy atom. The van der Waals surface area contributed by atoms with Gasteiger partial charge in [0.1, 0.15) is 0 Å². The molecule has 4 heteroatoms.